The molecular formula is C23H24F2N6O2. The van der Waals surface area contributed by atoms with E-state index in [0.717, 1.165) is 5.56 Å². The SMILES string of the molecule is CN1C=C2N=C(N3CCN(c4c(F)cc(OCc5ccccc5)cc4F)CC3)NC(=O)N2C1. The molecule has 2 aromatic carbocycles. The molecule has 1 N–H and O–H groups in total. The van der Waals surface area contributed by atoms with Gasteiger partial charge in [0.05, 0.1) is 0 Å². The van der Waals surface area contributed by atoms with Crippen LogP contribution in [0.25, 0.3) is 0 Å². The molecular weight excluding hydrogens is 430 g/mol. The summed E-state index contributed by atoms with van der Waals surface area (Å²) >= 11 is 0. The van der Waals surface area contributed by atoms with E-state index in [-0.39, 0.29) is 24.1 Å². The number of guanidine groups is 1. The largest absolute Gasteiger partial charge is 0.489 e. The van der Waals surface area contributed by atoms with Gasteiger partial charge in [-0.05, 0) is 5.56 Å². The molecule has 8 nitrogen and oxygen atoms in total. The number of fused-ring (bicyclic) bond motifs is 1. The van der Waals surface area contributed by atoms with Crippen LogP contribution in [0.15, 0.2) is 59.5 Å². The van der Waals surface area contributed by atoms with Gasteiger partial charge in [0.25, 0.3) is 0 Å². The lowest BCUT2D eigenvalue weighted by Gasteiger charge is -2.39. The lowest BCUT2D eigenvalue weighted by atomic mass is 10.2. The van der Waals surface area contributed by atoms with E-state index in [1.807, 2.05) is 47.2 Å². The van der Waals surface area contributed by atoms with Crippen molar-refractivity contribution >= 4 is 17.7 Å². The molecule has 5 rings (SSSR count). The molecule has 0 spiro atoms. The van der Waals surface area contributed by atoms with Crippen LogP contribution in [0.3, 0.4) is 0 Å². The number of benzene rings is 2. The summed E-state index contributed by atoms with van der Waals surface area (Å²) in [7, 11) is 1.87. The summed E-state index contributed by atoms with van der Waals surface area (Å²) in [6.07, 6.45) is 1.81. The van der Waals surface area contributed by atoms with Crippen LogP contribution in [0.5, 0.6) is 5.75 Å². The van der Waals surface area contributed by atoms with Crippen LogP contribution in [-0.2, 0) is 6.61 Å². The van der Waals surface area contributed by atoms with Crippen molar-refractivity contribution in [2.45, 2.75) is 6.61 Å². The topological polar surface area (TPSA) is 63.6 Å². The number of hydrogen-bond acceptors (Lipinski definition) is 6. The molecule has 3 aliphatic rings. The van der Waals surface area contributed by atoms with Crippen molar-refractivity contribution in [2.24, 2.45) is 4.99 Å². The molecule has 0 unspecified atom stereocenters. The van der Waals surface area contributed by atoms with Gasteiger partial charge in [0.2, 0.25) is 5.96 Å². The predicted octanol–water partition coefficient (Wildman–Crippen LogP) is 2.75. The van der Waals surface area contributed by atoms with Crippen molar-refractivity contribution in [3.05, 3.63) is 71.7 Å². The zero-order valence-electron chi connectivity index (χ0n) is 18.2. The number of ether oxygens (including phenoxy) is 1. The van der Waals surface area contributed by atoms with E-state index in [9.17, 15) is 13.6 Å². The van der Waals surface area contributed by atoms with Crippen LogP contribution in [0, 0.1) is 11.6 Å². The average molecular weight is 454 g/mol. The highest BCUT2D eigenvalue weighted by Crippen LogP contribution is 2.30. The zero-order valence-corrected chi connectivity index (χ0v) is 18.2. The lowest BCUT2D eigenvalue weighted by molar-refractivity contribution is 0.203. The Balaban J connectivity index is 1.24. The summed E-state index contributed by atoms with van der Waals surface area (Å²) in [4.78, 5) is 23.9. The number of nitrogens with one attached hydrogen (secondary N) is 1. The summed E-state index contributed by atoms with van der Waals surface area (Å²) < 4.78 is 35.2. The van der Waals surface area contributed by atoms with Gasteiger partial charge in [0.15, 0.2) is 17.5 Å². The van der Waals surface area contributed by atoms with Crippen LogP contribution in [0.1, 0.15) is 5.56 Å². The van der Waals surface area contributed by atoms with Gasteiger partial charge < -0.3 is 19.4 Å². The van der Waals surface area contributed by atoms with Crippen LogP contribution in [0.2, 0.25) is 0 Å². The quantitative estimate of drug-likeness (QED) is 0.770. The highest BCUT2D eigenvalue weighted by Gasteiger charge is 2.33. The average Bonchev–Trinajstić information content (AvgIpc) is 3.19. The van der Waals surface area contributed by atoms with Crippen molar-refractivity contribution in [2.75, 3.05) is 44.8 Å². The van der Waals surface area contributed by atoms with Crippen LogP contribution >= 0.6 is 0 Å². The van der Waals surface area contributed by atoms with Gasteiger partial charge in [0, 0.05) is 51.6 Å². The monoisotopic (exact) mass is 454 g/mol. The number of carbonyl (C=O) groups is 1. The minimum absolute atomic E-state index is 0.0670. The maximum Gasteiger partial charge on any atom is 0.331 e. The first-order chi connectivity index (χ1) is 16.0. The van der Waals surface area contributed by atoms with Crippen molar-refractivity contribution in [1.82, 2.24) is 20.0 Å². The van der Waals surface area contributed by atoms with Gasteiger partial charge in [-0.15, -0.1) is 0 Å². The Morgan fingerprint density at radius 2 is 1.70 bits per heavy atom. The predicted molar refractivity (Wildman–Crippen MR) is 119 cm³/mol. The van der Waals surface area contributed by atoms with Crippen molar-refractivity contribution < 1.29 is 18.3 Å². The number of aliphatic imine (C=N–C) groups is 1. The molecule has 1 saturated heterocycles. The Kier molecular flexibility index (Phi) is 5.49. The Morgan fingerprint density at radius 3 is 2.39 bits per heavy atom. The molecule has 0 atom stereocenters. The van der Waals surface area contributed by atoms with E-state index >= 15 is 0 Å². The molecule has 3 heterocycles. The molecule has 0 aromatic heterocycles. The first-order valence-corrected chi connectivity index (χ1v) is 10.7. The standard InChI is InChI=1S/C23H24F2N6O2/c1-28-13-20-26-22(27-23(32)31(20)15-28)30-9-7-29(8-10-30)21-18(24)11-17(12-19(21)25)33-14-16-5-3-2-4-6-16/h2-6,11-13H,7-10,14-15H2,1H3,(H,26,27,32). The van der Waals surface area contributed by atoms with E-state index in [1.54, 1.807) is 16.0 Å². The number of halogens is 2. The fourth-order valence-corrected chi connectivity index (χ4v) is 4.12. The fourth-order valence-electron chi connectivity index (χ4n) is 4.12. The van der Waals surface area contributed by atoms with Crippen molar-refractivity contribution in [3.63, 3.8) is 0 Å². The second-order valence-corrected chi connectivity index (χ2v) is 8.16. The third-order valence-electron chi connectivity index (χ3n) is 5.80. The maximum absolute atomic E-state index is 14.8. The molecule has 0 aliphatic carbocycles. The molecule has 10 heteroatoms. The van der Waals surface area contributed by atoms with E-state index in [1.165, 1.54) is 12.1 Å². The third kappa shape index (κ3) is 4.28. The van der Waals surface area contributed by atoms with Gasteiger partial charge in [-0.1, -0.05) is 30.3 Å². The van der Waals surface area contributed by atoms with Crippen LogP contribution < -0.4 is 15.0 Å². The second-order valence-electron chi connectivity index (χ2n) is 8.16. The summed E-state index contributed by atoms with van der Waals surface area (Å²) in [5.41, 5.74) is 0.849. The third-order valence-corrected chi connectivity index (χ3v) is 5.80. The summed E-state index contributed by atoms with van der Waals surface area (Å²) in [6, 6.07) is 11.6. The van der Waals surface area contributed by atoms with Crippen molar-refractivity contribution in [3.8, 4) is 5.75 Å². The molecule has 0 radical (unpaired) electrons. The minimum atomic E-state index is -0.662. The van der Waals surface area contributed by atoms with E-state index < -0.39 is 11.6 Å². The van der Waals surface area contributed by atoms with Gasteiger partial charge in [-0.2, -0.15) is 4.99 Å². The first-order valence-electron chi connectivity index (χ1n) is 10.7. The van der Waals surface area contributed by atoms with E-state index in [0.29, 0.717) is 44.6 Å². The maximum atomic E-state index is 14.8. The van der Waals surface area contributed by atoms with Gasteiger partial charge in [0.1, 0.15) is 24.7 Å². The number of urea groups is 1. The van der Waals surface area contributed by atoms with Crippen molar-refractivity contribution in [1.29, 1.82) is 0 Å². The molecule has 2 aromatic rings. The highest BCUT2D eigenvalue weighted by molar-refractivity contribution is 5.99. The Morgan fingerprint density at radius 1 is 1.03 bits per heavy atom. The number of nitrogens with zero attached hydrogens (tertiary/aromatic N) is 5. The highest BCUT2D eigenvalue weighted by atomic mass is 19.1. The molecule has 0 saturated carbocycles. The fraction of sp³-hybridized carbons (Fsp3) is 0.304. The molecule has 0 bridgehead atoms. The number of hydrogen-bond donors (Lipinski definition) is 1. The second kappa shape index (κ2) is 8.61. The summed E-state index contributed by atoms with van der Waals surface area (Å²) in [5.74, 6) is -0.131. The van der Waals surface area contributed by atoms with Gasteiger partial charge >= 0.3 is 6.03 Å². The van der Waals surface area contributed by atoms with E-state index in [4.69, 9.17) is 4.74 Å². The smallest absolute Gasteiger partial charge is 0.331 e. The Hall–Kier alpha value is -3.82. The number of rotatable bonds is 4. The molecule has 33 heavy (non-hydrogen) atoms. The number of anilines is 1. The van der Waals surface area contributed by atoms with Crippen LogP contribution in [0.4, 0.5) is 19.3 Å². The summed E-state index contributed by atoms with van der Waals surface area (Å²) in [5, 5.41) is 2.80. The summed E-state index contributed by atoms with van der Waals surface area (Å²) in [6.45, 7) is 2.39. The van der Waals surface area contributed by atoms with Crippen LogP contribution in [-0.4, -0.2) is 66.6 Å². The lowest BCUT2D eigenvalue weighted by Crippen LogP contribution is -2.57. The normalized spacial score (nSPS) is 18.1. The minimum Gasteiger partial charge on any atom is -0.489 e. The Bertz CT molecular complexity index is 1090. The number of carbonyl (C=O) groups excluding carboxylic acids is 1. The van der Waals surface area contributed by atoms with E-state index in [2.05, 4.69) is 10.3 Å². The Labute approximate surface area is 190 Å². The number of amides is 2. The zero-order chi connectivity index (χ0) is 22.9. The molecule has 3 aliphatic heterocycles. The number of piperazine rings is 1. The molecule has 2 amide bonds. The molecule has 172 valence electrons. The van der Waals surface area contributed by atoms with Gasteiger partial charge in [-0.25, -0.2) is 13.6 Å². The first kappa shape index (κ1) is 21.0. The van der Waals surface area contributed by atoms with Gasteiger partial charge in [-0.3, -0.25) is 10.2 Å². The molecule has 1 fully saturated rings.